The summed E-state index contributed by atoms with van der Waals surface area (Å²) in [4.78, 5) is 24.6. The Bertz CT molecular complexity index is 1370. The summed E-state index contributed by atoms with van der Waals surface area (Å²) in [5.41, 5.74) is 0. The second kappa shape index (κ2) is 71.3. The SMILES string of the molecule is CCCCC/C=C\C/C=C\CCCCCCCC(=O)OCCCCCCCCCCCCCC/C=C\CCCCCCCCCCCCCCCCCC(=O)NC(CO)C(O)/C=C/CCCCCCCCCCCCCCCCCCC. The van der Waals surface area contributed by atoms with E-state index in [4.69, 9.17) is 4.74 Å². The summed E-state index contributed by atoms with van der Waals surface area (Å²) in [5, 5.41) is 23.2. The highest BCUT2D eigenvalue weighted by atomic mass is 16.5. The third-order valence-corrected chi connectivity index (χ3v) is 17.1. The maximum Gasteiger partial charge on any atom is 0.305 e. The van der Waals surface area contributed by atoms with Crippen LogP contribution in [0.1, 0.15) is 399 Å². The number of unbranched alkanes of at least 4 members (excludes halogenated alkanes) is 52. The van der Waals surface area contributed by atoms with Crippen molar-refractivity contribution in [1.82, 2.24) is 5.32 Å². The minimum atomic E-state index is -0.844. The Hall–Kier alpha value is -2.18. The standard InChI is InChI=1S/C76H143NO5/c1-3-5-7-9-11-13-15-17-19-20-34-37-41-44-48-52-56-60-64-68-74(79)73(72-78)77-75(80)69-65-61-57-53-49-45-42-38-35-32-30-28-26-24-22-21-23-25-27-29-31-33-36-39-43-47-51-55-59-63-67-71-82-76(81)70-66-62-58-54-50-46-40-18-16-14-12-10-8-6-4-2/h12,14,18,23,25,40,64,68,73-74,78-79H,3-11,13,15-17,19-22,24,26-39,41-63,65-67,69-72H2,1-2H3,(H,77,80)/b14-12-,25-23-,40-18-,68-64+. The molecule has 0 heterocycles. The van der Waals surface area contributed by atoms with Crippen molar-refractivity contribution >= 4 is 11.9 Å². The fourth-order valence-corrected chi connectivity index (χ4v) is 11.4. The Balaban J connectivity index is 3.39. The van der Waals surface area contributed by atoms with Crippen LogP contribution < -0.4 is 5.32 Å². The van der Waals surface area contributed by atoms with Crippen molar-refractivity contribution in [1.29, 1.82) is 0 Å². The number of esters is 1. The summed E-state index contributed by atoms with van der Waals surface area (Å²) >= 11 is 0. The second-order valence-electron chi connectivity index (χ2n) is 25.3. The van der Waals surface area contributed by atoms with E-state index in [9.17, 15) is 19.8 Å². The lowest BCUT2D eigenvalue weighted by Gasteiger charge is -2.20. The Morgan fingerprint density at radius 1 is 0.341 bits per heavy atom. The number of allylic oxidation sites excluding steroid dienone is 7. The summed E-state index contributed by atoms with van der Waals surface area (Å²) in [6, 6.07) is -0.628. The molecule has 3 N–H and O–H groups in total. The van der Waals surface area contributed by atoms with Crippen LogP contribution in [-0.2, 0) is 14.3 Å². The third-order valence-electron chi connectivity index (χ3n) is 17.1. The zero-order valence-corrected chi connectivity index (χ0v) is 55.2. The van der Waals surface area contributed by atoms with Crippen LogP contribution in [0.25, 0.3) is 0 Å². The monoisotopic (exact) mass is 1150 g/mol. The van der Waals surface area contributed by atoms with E-state index < -0.39 is 12.1 Å². The lowest BCUT2D eigenvalue weighted by molar-refractivity contribution is -0.143. The zero-order chi connectivity index (χ0) is 59.2. The molecule has 0 rings (SSSR count). The molecule has 0 aromatic heterocycles. The van der Waals surface area contributed by atoms with Gasteiger partial charge in [0.1, 0.15) is 0 Å². The normalized spacial score (nSPS) is 12.8. The van der Waals surface area contributed by atoms with Gasteiger partial charge in [-0.3, -0.25) is 9.59 Å². The quantitative estimate of drug-likeness (QED) is 0.0320. The van der Waals surface area contributed by atoms with Crippen LogP contribution in [0, 0.1) is 0 Å². The van der Waals surface area contributed by atoms with E-state index >= 15 is 0 Å². The first kappa shape index (κ1) is 79.8. The van der Waals surface area contributed by atoms with Gasteiger partial charge >= 0.3 is 5.97 Å². The predicted octanol–water partition coefficient (Wildman–Crippen LogP) is 24.0. The molecule has 2 unspecified atom stereocenters. The average Bonchev–Trinajstić information content (AvgIpc) is 3.48. The molecule has 0 aliphatic heterocycles. The molecule has 0 aliphatic rings. The van der Waals surface area contributed by atoms with E-state index in [0.717, 1.165) is 51.4 Å². The molecule has 0 saturated heterocycles. The van der Waals surface area contributed by atoms with Crippen LogP contribution in [0.15, 0.2) is 48.6 Å². The van der Waals surface area contributed by atoms with E-state index in [2.05, 4.69) is 55.6 Å². The summed E-state index contributed by atoms with van der Waals surface area (Å²) < 4.78 is 5.49. The van der Waals surface area contributed by atoms with Crippen molar-refractivity contribution < 1.29 is 24.5 Å². The smallest absolute Gasteiger partial charge is 0.305 e. The maximum atomic E-state index is 12.5. The molecule has 82 heavy (non-hydrogen) atoms. The molecule has 0 bridgehead atoms. The molecule has 6 heteroatoms. The minimum Gasteiger partial charge on any atom is -0.466 e. The van der Waals surface area contributed by atoms with E-state index in [1.54, 1.807) is 6.08 Å². The fourth-order valence-electron chi connectivity index (χ4n) is 11.4. The van der Waals surface area contributed by atoms with Crippen LogP contribution in [0.4, 0.5) is 0 Å². The number of ether oxygens (including phenoxy) is 1. The van der Waals surface area contributed by atoms with Crippen molar-refractivity contribution in [2.24, 2.45) is 0 Å². The van der Waals surface area contributed by atoms with E-state index in [1.807, 2.05) is 6.08 Å². The summed E-state index contributed by atoms with van der Waals surface area (Å²) in [7, 11) is 0. The van der Waals surface area contributed by atoms with Gasteiger partial charge in [0.15, 0.2) is 0 Å². The Morgan fingerprint density at radius 2 is 0.610 bits per heavy atom. The van der Waals surface area contributed by atoms with E-state index in [0.29, 0.717) is 19.4 Å². The maximum absolute atomic E-state index is 12.5. The number of carbonyl (C=O) groups excluding carboxylic acids is 2. The third kappa shape index (κ3) is 67.0. The molecule has 482 valence electrons. The van der Waals surface area contributed by atoms with Crippen molar-refractivity contribution in [2.45, 2.75) is 411 Å². The highest BCUT2D eigenvalue weighted by molar-refractivity contribution is 5.76. The topological polar surface area (TPSA) is 95.9 Å². The first-order chi connectivity index (χ1) is 40.5. The number of nitrogens with one attached hydrogen (secondary N) is 1. The minimum absolute atomic E-state index is 0.00354. The summed E-state index contributed by atoms with van der Waals surface area (Å²) in [6.07, 6.45) is 93.5. The molecular weight excluding hydrogens is 1010 g/mol. The summed E-state index contributed by atoms with van der Waals surface area (Å²) in [6.45, 7) is 4.90. The molecule has 0 saturated carbocycles. The van der Waals surface area contributed by atoms with Gasteiger partial charge in [-0.1, -0.05) is 345 Å². The van der Waals surface area contributed by atoms with Crippen molar-refractivity contribution in [3.63, 3.8) is 0 Å². The molecule has 0 spiro atoms. The van der Waals surface area contributed by atoms with Gasteiger partial charge in [-0.15, -0.1) is 0 Å². The number of hydrogen-bond acceptors (Lipinski definition) is 5. The Morgan fingerprint density at radius 3 is 0.963 bits per heavy atom. The molecule has 0 aromatic rings. The molecule has 0 radical (unpaired) electrons. The average molecular weight is 1150 g/mol. The van der Waals surface area contributed by atoms with Gasteiger partial charge < -0.3 is 20.3 Å². The molecular formula is C76H143NO5. The van der Waals surface area contributed by atoms with Crippen LogP contribution in [0.5, 0.6) is 0 Å². The van der Waals surface area contributed by atoms with E-state index in [-0.39, 0.29) is 18.5 Å². The number of aliphatic hydroxyl groups excluding tert-OH is 2. The van der Waals surface area contributed by atoms with Gasteiger partial charge in [0.2, 0.25) is 5.91 Å². The van der Waals surface area contributed by atoms with Gasteiger partial charge in [0.25, 0.3) is 0 Å². The number of rotatable bonds is 69. The van der Waals surface area contributed by atoms with Gasteiger partial charge in [-0.25, -0.2) is 0 Å². The number of amides is 1. The van der Waals surface area contributed by atoms with Crippen LogP contribution in [0.2, 0.25) is 0 Å². The van der Waals surface area contributed by atoms with Crippen molar-refractivity contribution in [3.8, 4) is 0 Å². The lowest BCUT2D eigenvalue weighted by Crippen LogP contribution is -2.45. The van der Waals surface area contributed by atoms with E-state index in [1.165, 1.54) is 321 Å². The number of carbonyl (C=O) groups is 2. The first-order valence-corrected chi connectivity index (χ1v) is 36.9. The first-order valence-electron chi connectivity index (χ1n) is 36.9. The molecule has 0 aliphatic carbocycles. The van der Waals surface area contributed by atoms with Gasteiger partial charge in [0, 0.05) is 12.8 Å². The predicted molar refractivity (Wildman–Crippen MR) is 361 cm³/mol. The van der Waals surface area contributed by atoms with Gasteiger partial charge in [0.05, 0.1) is 25.4 Å². The molecule has 2 atom stereocenters. The Kier molecular flexibility index (Phi) is 69.4. The second-order valence-corrected chi connectivity index (χ2v) is 25.3. The van der Waals surface area contributed by atoms with Crippen molar-refractivity contribution in [2.75, 3.05) is 13.2 Å². The van der Waals surface area contributed by atoms with Crippen LogP contribution >= 0.6 is 0 Å². The van der Waals surface area contributed by atoms with Gasteiger partial charge in [-0.05, 0) is 89.9 Å². The highest BCUT2D eigenvalue weighted by Crippen LogP contribution is 2.18. The fraction of sp³-hybridized carbons (Fsp3) is 0.868. The zero-order valence-electron chi connectivity index (χ0n) is 55.2. The largest absolute Gasteiger partial charge is 0.466 e. The number of aliphatic hydroxyl groups is 2. The van der Waals surface area contributed by atoms with Gasteiger partial charge in [-0.2, -0.15) is 0 Å². The molecule has 6 nitrogen and oxygen atoms in total. The summed E-state index contributed by atoms with van der Waals surface area (Å²) in [5.74, 6) is -0.0592. The molecule has 0 aromatic carbocycles. The number of hydrogen-bond donors (Lipinski definition) is 3. The Labute approximate surface area is 512 Å². The molecule has 0 fully saturated rings. The van der Waals surface area contributed by atoms with Crippen molar-refractivity contribution in [3.05, 3.63) is 48.6 Å². The van der Waals surface area contributed by atoms with Crippen LogP contribution in [-0.4, -0.2) is 47.4 Å². The van der Waals surface area contributed by atoms with Crippen LogP contribution in [0.3, 0.4) is 0 Å². The highest BCUT2D eigenvalue weighted by Gasteiger charge is 2.18. The lowest BCUT2D eigenvalue weighted by atomic mass is 10.0. The molecule has 1 amide bonds.